The van der Waals surface area contributed by atoms with Crippen LogP contribution in [0.15, 0.2) is 18.2 Å². The van der Waals surface area contributed by atoms with E-state index >= 15 is 0 Å². The first-order valence-electron chi connectivity index (χ1n) is 7.65. The minimum atomic E-state index is -1.26. The lowest BCUT2D eigenvalue weighted by atomic mass is 9.70. The summed E-state index contributed by atoms with van der Waals surface area (Å²) in [5, 5.41) is 20.7. The fourth-order valence-corrected chi connectivity index (χ4v) is 3.35. The first-order chi connectivity index (χ1) is 10.0. The average molecular weight is 292 g/mol. The van der Waals surface area contributed by atoms with Crippen LogP contribution < -0.4 is 4.74 Å². The molecular weight excluding hydrogens is 268 g/mol. The summed E-state index contributed by atoms with van der Waals surface area (Å²) in [6.07, 6.45) is 4.41. The number of unbranched alkanes of at least 4 members (excludes halogenated alkanes) is 1. The van der Waals surface area contributed by atoms with E-state index in [9.17, 15) is 15.0 Å². The molecular formula is C17H24O4. The second kappa shape index (κ2) is 6.48. The molecule has 2 atom stereocenters. The fraction of sp³-hybridized carbons (Fsp3) is 0.588. The van der Waals surface area contributed by atoms with Gasteiger partial charge in [-0.3, -0.25) is 4.79 Å². The van der Waals surface area contributed by atoms with Crippen LogP contribution in [0, 0.1) is 5.92 Å². The molecule has 0 spiro atoms. The van der Waals surface area contributed by atoms with Gasteiger partial charge in [0.15, 0.2) is 0 Å². The standard InChI is InChI=1S/C17H24O4/c1-3-4-7-15(16(18)19)17(20)10-5-6-12-11-13(21-2)8-9-14(12)17/h8-9,11,15,20H,3-7,10H2,1-2H3,(H,18,19). The average Bonchev–Trinajstić information content (AvgIpc) is 2.47. The third kappa shape index (κ3) is 3.05. The maximum Gasteiger partial charge on any atom is 0.309 e. The van der Waals surface area contributed by atoms with E-state index in [1.54, 1.807) is 13.2 Å². The molecule has 0 amide bonds. The number of ether oxygens (including phenoxy) is 1. The first-order valence-corrected chi connectivity index (χ1v) is 7.65. The van der Waals surface area contributed by atoms with Crippen molar-refractivity contribution in [3.63, 3.8) is 0 Å². The van der Waals surface area contributed by atoms with Crippen LogP contribution in [0.3, 0.4) is 0 Å². The number of benzene rings is 1. The van der Waals surface area contributed by atoms with Gasteiger partial charge >= 0.3 is 5.97 Å². The summed E-state index contributed by atoms with van der Waals surface area (Å²) in [4.78, 5) is 11.7. The van der Waals surface area contributed by atoms with Crippen molar-refractivity contribution in [3.05, 3.63) is 29.3 Å². The third-order valence-corrected chi connectivity index (χ3v) is 4.50. The van der Waals surface area contributed by atoms with Gasteiger partial charge in [-0.25, -0.2) is 0 Å². The Kier molecular flexibility index (Phi) is 4.88. The van der Waals surface area contributed by atoms with E-state index in [4.69, 9.17) is 4.74 Å². The number of fused-ring (bicyclic) bond motifs is 1. The lowest BCUT2D eigenvalue weighted by molar-refractivity contribution is -0.155. The molecule has 1 aliphatic rings. The van der Waals surface area contributed by atoms with Crippen LogP contribution in [0.25, 0.3) is 0 Å². The number of hydrogen-bond donors (Lipinski definition) is 2. The second-order valence-corrected chi connectivity index (χ2v) is 5.83. The van der Waals surface area contributed by atoms with Crippen molar-refractivity contribution < 1.29 is 19.7 Å². The Labute approximate surface area is 125 Å². The van der Waals surface area contributed by atoms with Crippen LogP contribution in [0.4, 0.5) is 0 Å². The van der Waals surface area contributed by atoms with Crippen molar-refractivity contribution in [3.8, 4) is 5.75 Å². The Morgan fingerprint density at radius 2 is 2.24 bits per heavy atom. The van der Waals surface area contributed by atoms with Crippen molar-refractivity contribution in [2.45, 2.75) is 51.0 Å². The van der Waals surface area contributed by atoms with Gasteiger partial charge < -0.3 is 14.9 Å². The molecule has 2 unspecified atom stereocenters. The van der Waals surface area contributed by atoms with E-state index in [2.05, 4.69) is 0 Å². The molecule has 0 heterocycles. The zero-order chi connectivity index (χ0) is 15.5. The summed E-state index contributed by atoms with van der Waals surface area (Å²) in [5.41, 5.74) is 0.504. The topological polar surface area (TPSA) is 66.8 Å². The highest BCUT2D eigenvalue weighted by Crippen LogP contribution is 2.43. The van der Waals surface area contributed by atoms with Gasteiger partial charge in [0.25, 0.3) is 0 Å². The fourth-order valence-electron chi connectivity index (χ4n) is 3.35. The van der Waals surface area contributed by atoms with Gasteiger partial charge in [0.2, 0.25) is 0 Å². The number of aryl methyl sites for hydroxylation is 1. The molecule has 0 bridgehead atoms. The molecule has 0 saturated heterocycles. The number of carboxylic acid groups (broad SMARTS) is 1. The number of hydrogen-bond acceptors (Lipinski definition) is 3. The lowest BCUT2D eigenvalue weighted by Gasteiger charge is -2.39. The van der Waals surface area contributed by atoms with E-state index in [0.717, 1.165) is 42.6 Å². The summed E-state index contributed by atoms with van der Waals surface area (Å²) in [6, 6.07) is 5.54. The number of rotatable bonds is 6. The number of aliphatic hydroxyl groups is 1. The predicted molar refractivity (Wildman–Crippen MR) is 80.5 cm³/mol. The molecule has 0 aromatic heterocycles. The van der Waals surface area contributed by atoms with E-state index in [0.29, 0.717) is 12.8 Å². The molecule has 21 heavy (non-hydrogen) atoms. The Bertz CT molecular complexity index is 512. The van der Waals surface area contributed by atoms with Crippen molar-refractivity contribution in [2.24, 2.45) is 5.92 Å². The number of carboxylic acids is 1. The monoisotopic (exact) mass is 292 g/mol. The molecule has 1 aromatic rings. The largest absolute Gasteiger partial charge is 0.497 e. The van der Waals surface area contributed by atoms with Gasteiger partial charge in [0, 0.05) is 0 Å². The van der Waals surface area contributed by atoms with E-state index in [1.807, 2.05) is 19.1 Å². The minimum Gasteiger partial charge on any atom is -0.497 e. The smallest absolute Gasteiger partial charge is 0.309 e. The molecule has 1 aliphatic carbocycles. The SMILES string of the molecule is CCCCC(C(=O)O)C1(O)CCCc2cc(OC)ccc21. The van der Waals surface area contributed by atoms with E-state index in [1.165, 1.54) is 0 Å². The van der Waals surface area contributed by atoms with Gasteiger partial charge in [0.05, 0.1) is 13.0 Å². The number of methoxy groups -OCH3 is 1. The van der Waals surface area contributed by atoms with Crippen LogP contribution in [-0.4, -0.2) is 23.3 Å². The van der Waals surface area contributed by atoms with Gasteiger partial charge in [-0.05, 0) is 48.9 Å². The molecule has 0 saturated carbocycles. The van der Waals surface area contributed by atoms with Crippen molar-refractivity contribution in [2.75, 3.05) is 7.11 Å². The van der Waals surface area contributed by atoms with Gasteiger partial charge in [-0.1, -0.05) is 25.8 Å². The van der Waals surface area contributed by atoms with Crippen LogP contribution in [-0.2, 0) is 16.8 Å². The summed E-state index contributed by atoms with van der Waals surface area (Å²) >= 11 is 0. The maximum absolute atomic E-state index is 11.7. The quantitative estimate of drug-likeness (QED) is 0.845. The normalized spacial score (nSPS) is 22.4. The zero-order valence-electron chi connectivity index (χ0n) is 12.8. The van der Waals surface area contributed by atoms with Crippen LogP contribution in [0.1, 0.15) is 50.2 Å². The van der Waals surface area contributed by atoms with Gasteiger partial charge in [-0.15, -0.1) is 0 Å². The zero-order valence-corrected chi connectivity index (χ0v) is 12.8. The summed E-state index contributed by atoms with van der Waals surface area (Å²) in [5.74, 6) is -0.905. The lowest BCUT2D eigenvalue weighted by Crippen LogP contribution is -2.42. The summed E-state index contributed by atoms with van der Waals surface area (Å²) < 4.78 is 5.22. The summed E-state index contributed by atoms with van der Waals surface area (Å²) in [7, 11) is 1.61. The predicted octanol–water partition coefficient (Wildman–Crippen LogP) is 3.11. The number of carbonyl (C=O) groups is 1. The van der Waals surface area contributed by atoms with E-state index in [-0.39, 0.29) is 0 Å². The molecule has 116 valence electrons. The highest BCUT2D eigenvalue weighted by molar-refractivity contribution is 5.72. The minimum absolute atomic E-state index is 0.507. The Hall–Kier alpha value is -1.55. The van der Waals surface area contributed by atoms with Crippen molar-refractivity contribution >= 4 is 5.97 Å². The van der Waals surface area contributed by atoms with Crippen molar-refractivity contribution in [1.29, 1.82) is 0 Å². The highest BCUT2D eigenvalue weighted by atomic mass is 16.5. The third-order valence-electron chi connectivity index (χ3n) is 4.50. The molecule has 1 aromatic carbocycles. The molecule has 4 nitrogen and oxygen atoms in total. The van der Waals surface area contributed by atoms with Crippen LogP contribution in [0.5, 0.6) is 5.75 Å². The molecule has 2 rings (SSSR count). The molecule has 4 heteroatoms. The van der Waals surface area contributed by atoms with Gasteiger partial charge in [-0.2, -0.15) is 0 Å². The second-order valence-electron chi connectivity index (χ2n) is 5.83. The van der Waals surface area contributed by atoms with Gasteiger partial charge in [0.1, 0.15) is 11.4 Å². The molecule has 0 radical (unpaired) electrons. The summed E-state index contributed by atoms with van der Waals surface area (Å²) in [6.45, 7) is 2.03. The van der Waals surface area contributed by atoms with Crippen molar-refractivity contribution in [1.82, 2.24) is 0 Å². The number of aliphatic carboxylic acids is 1. The molecule has 0 fully saturated rings. The Morgan fingerprint density at radius 1 is 1.48 bits per heavy atom. The Morgan fingerprint density at radius 3 is 2.86 bits per heavy atom. The first kappa shape index (κ1) is 15.8. The van der Waals surface area contributed by atoms with Crippen LogP contribution in [0.2, 0.25) is 0 Å². The van der Waals surface area contributed by atoms with Crippen LogP contribution >= 0.6 is 0 Å². The highest BCUT2D eigenvalue weighted by Gasteiger charge is 2.45. The molecule has 0 aliphatic heterocycles. The van der Waals surface area contributed by atoms with E-state index < -0.39 is 17.5 Å². The Balaban J connectivity index is 2.40. The maximum atomic E-state index is 11.7. The molecule has 2 N–H and O–H groups in total.